The predicted molar refractivity (Wildman–Crippen MR) is 71.5 cm³/mol. The summed E-state index contributed by atoms with van der Waals surface area (Å²) in [6.45, 7) is 7.31. The number of hydrogen-bond acceptors (Lipinski definition) is 2. The van der Waals surface area contributed by atoms with Crippen molar-refractivity contribution in [1.29, 1.82) is 0 Å². The van der Waals surface area contributed by atoms with Crippen molar-refractivity contribution in [2.75, 3.05) is 20.1 Å². The number of carboxylic acid groups (broad SMARTS) is 1. The first-order valence-electron chi connectivity index (χ1n) is 6.57. The predicted octanol–water partition coefficient (Wildman–Crippen LogP) is 2.17. The molecule has 5 nitrogen and oxygen atoms in total. The number of carbonyl (C=O) groups is 2. The van der Waals surface area contributed by atoms with Crippen LogP contribution in [0.15, 0.2) is 0 Å². The van der Waals surface area contributed by atoms with Gasteiger partial charge < -0.3 is 15.3 Å². The van der Waals surface area contributed by atoms with Gasteiger partial charge in [-0.2, -0.15) is 0 Å². The molecule has 0 aromatic carbocycles. The van der Waals surface area contributed by atoms with Gasteiger partial charge in [0, 0.05) is 26.6 Å². The van der Waals surface area contributed by atoms with Crippen molar-refractivity contribution in [2.24, 2.45) is 11.8 Å². The third-order valence-electron chi connectivity index (χ3n) is 2.97. The zero-order chi connectivity index (χ0) is 14.1. The van der Waals surface area contributed by atoms with Crippen LogP contribution in [0.1, 0.15) is 40.0 Å². The van der Waals surface area contributed by atoms with E-state index >= 15 is 0 Å². The molecule has 106 valence electrons. The molecule has 0 aliphatic heterocycles. The largest absolute Gasteiger partial charge is 0.481 e. The average molecular weight is 258 g/mol. The fourth-order valence-corrected chi connectivity index (χ4v) is 1.53. The first-order valence-corrected chi connectivity index (χ1v) is 6.57. The Balaban J connectivity index is 3.95. The number of urea groups is 1. The molecule has 1 atom stereocenters. The van der Waals surface area contributed by atoms with Crippen LogP contribution in [0.4, 0.5) is 4.79 Å². The molecule has 1 unspecified atom stereocenters. The summed E-state index contributed by atoms with van der Waals surface area (Å²) in [4.78, 5) is 24.0. The zero-order valence-corrected chi connectivity index (χ0v) is 11.9. The molecular weight excluding hydrogens is 232 g/mol. The molecule has 18 heavy (non-hydrogen) atoms. The van der Waals surface area contributed by atoms with E-state index in [1.807, 2.05) is 6.92 Å². The second-order valence-electron chi connectivity index (χ2n) is 5.16. The Morgan fingerprint density at radius 2 is 1.94 bits per heavy atom. The van der Waals surface area contributed by atoms with Gasteiger partial charge in [-0.25, -0.2) is 4.79 Å². The summed E-state index contributed by atoms with van der Waals surface area (Å²) in [5, 5.41) is 11.5. The molecule has 0 spiro atoms. The number of amides is 2. The van der Waals surface area contributed by atoms with Gasteiger partial charge in [-0.3, -0.25) is 4.79 Å². The fraction of sp³-hybridized carbons (Fsp3) is 0.846. The SMILES string of the molecule is CCC(CNC(=O)N(C)CCC(C)C)CC(=O)O. The van der Waals surface area contributed by atoms with Gasteiger partial charge in [-0.15, -0.1) is 0 Å². The average Bonchev–Trinajstić information content (AvgIpc) is 2.30. The maximum absolute atomic E-state index is 11.7. The van der Waals surface area contributed by atoms with Gasteiger partial charge in [0.05, 0.1) is 0 Å². The van der Waals surface area contributed by atoms with Crippen molar-refractivity contribution in [2.45, 2.75) is 40.0 Å². The Labute approximate surface area is 110 Å². The molecule has 0 heterocycles. The lowest BCUT2D eigenvalue weighted by Crippen LogP contribution is -2.40. The van der Waals surface area contributed by atoms with E-state index in [-0.39, 0.29) is 18.4 Å². The number of carboxylic acids is 1. The molecular formula is C13H26N2O3. The van der Waals surface area contributed by atoms with E-state index in [1.165, 1.54) is 0 Å². The minimum Gasteiger partial charge on any atom is -0.481 e. The van der Waals surface area contributed by atoms with Gasteiger partial charge in [0.2, 0.25) is 0 Å². The Bertz CT molecular complexity index is 267. The van der Waals surface area contributed by atoms with Gasteiger partial charge in [0.1, 0.15) is 0 Å². The molecule has 0 saturated heterocycles. The van der Waals surface area contributed by atoms with E-state index in [0.717, 1.165) is 19.4 Å². The van der Waals surface area contributed by atoms with E-state index in [9.17, 15) is 9.59 Å². The first kappa shape index (κ1) is 16.7. The van der Waals surface area contributed by atoms with Crippen LogP contribution in [0.2, 0.25) is 0 Å². The lowest BCUT2D eigenvalue weighted by atomic mass is 10.0. The van der Waals surface area contributed by atoms with Crippen LogP contribution in [0.25, 0.3) is 0 Å². The summed E-state index contributed by atoms with van der Waals surface area (Å²) in [7, 11) is 1.76. The highest BCUT2D eigenvalue weighted by atomic mass is 16.4. The highest BCUT2D eigenvalue weighted by Crippen LogP contribution is 2.07. The number of hydrogen-bond donors (Lipinski definition) is 2. The summed E-state index contributed by atoms with van der Waals surface area (Å²) in [6.07, 6.45) is 1.82. The molecule has 0 saturated carbocycles. The molecule has 0 aromatic heterocycles. The van der Waals surface area contributed by atoms with E-state index in [4.69, 9.17) is 5.11 Å². The second-order valence-corrected chi connectivity index (χ2v) is 5.16. The van der Waals surface area contributed by atoms with Crippen LogP contribution in [0.5, 0.6) is 0 Å². The standard InChI is InChI=1S/C13H26N2O3/c1-5-11(8-12(16)17)9-14-13(18)15(4)7-6-10(2)3/h10-11H,5-9H2,1-4H3,(H,14,18)(H,16,17). The number of nitrogens with zero attached hydrogens (tertiary/aromatic N) is 1. The van der Waals surface area contributed by atoms with Gasteiger partial charge in [0.15, 0.2) is 0 Å². The molecule has 2 amide bonds. The molecule has 2 N–H and O–H groups in total. The topological polar surface area (TPSA) is 69.6 Å². The van der Waals surface area contributed by atoms with Crippen LogP contribution >= 0.6 is 0 Å². The molecule has 0 aliphatic carbocycles. The molecule has 0 aromatic rings. The Morgan fingerprint density at radius 3 is 2.39 bits per heavy atom. The molecule has 0 bridgehead atoms. The monoisotopic (exact) mass is 258 g/mol. The van der Waals surface area contributed by atoms with E-state index < -0.39 is 5.97 Å². The Hall–Kier alpha value is -1.26. The highest BCUT2D eigenvalue weighted by molar-refractivity contribution is 5.74. The number of nitrogens with one attached hydrogen (secondary N) is 1. The number of aliphatic carboxylic acids is 1. The van der Waals surface area contributed by atoms with Crippen molar-refractivity contribution >= 4 is 12.0 Å². The maximum Gasteiger partial charge on any atom is 0.317 e. The third kappa shape index (κ3) is 7.92. The van der Waals surface area contributed by atoms with Gasteiger partial charge in [0.25, 0.3) is 0 Å². The fourth-order valence-electron chi connectivity index (χ4n) is 1.53. The van der Waals surface area contributed by atoms with Crippen molar-refractivity contribution in [3.63, 3.8) is 0 Å². The summed E-state index contributed by atoms with van der Waals surface area (Å²) >= 11 is 0. The van der Waals surface area contributed by atoms with E-state index in [1.54, 1.807) is 11.9 Å². The van der Waals surface area contributed by atoms with Crippen LogP contribution in [0, 0.1) is 11.8 Å². The van der Waals surface area contributed by atoms with Gasteiger partial charge in [-0.1, -0.05) is 27.2 Å². The number of carbonyl (C=O) groups excluding carboxylic acids is 1. The second kappa shape index (κ2) is 8.78. The maximum atomic E-state index is 11.7. The van der Waals surface area contributed by atoms with Crippen molar-refractivity contribution in [3.05, 3.63) is 0 Å². The minimum absolute atomic E-state index is 0.00458. The van der Waals surface area contributed by atoms with E-state index in [0.29, 0.717) is 12.5 Å². The normalized spacial score (nSPS) is 12.3. The molecule has 5 heteroatoms. The summed E-state index contributed by atoms with van der Waals surface area (Å²) in [6, 6.07) is -0.125. The van der Waals surface area contributed by atoms with Crippen LogP contribution < -0.4 is 5.32 Å². The van der Waals surface area contributed by atoms with Gasteiger partial charge in [-0.05, 0) is 18.3 Å². The summed E-state index contributed by atoms with van der Waals surface area (Å²) in [5.74, 6) is -0.245. The highest BCUT2D eigenvalue weighted by Gasteiger charge is 2.14. The third-order valence-corrected chi connectivity index (χ3v) is 2.97. The summed E-state index contributed by atoms with van der Waals surface area (Å²) in [5.41, 5.74) is 0. The minimum atomic E-state index is -0.815. The lowest BCUT2D eigenvalue weighted by Gasteiger charge is -2.21. The van der Waals surface area contributed by atoms with Crippen molar-refractivity contribution in [3.8, 4) is 0 Å². The molecule has 0 radical (unpaired) electrons. The Morgan fingerprint density at radius 1 is 1.33 bits per heavy atom. The van der Waals surface area contributed by atoms with Crippen molar-refractivity contribution in [1.82, 2.24) is 10.2 Å². The summed E-state index contributed by atoms with van der Waals surface area (Å²) < 4.78 is 0. The molecule has 0 rings (SSSR count). The molecule has 0 aliphatic rings. The zero-order valence-electron chi connectivity index (χ0n) is 11.9. The lowest BCUT2D eigenvalue weighted by molar-refractivity contribution is -0.138. The van der Waals surface area contributed by atoms with Gasteiger partial charge >= 0.3 is 12.0 Å². The van der Waals surface area contributed by atoms with Crippen LogP contribution in [0.3, 0.4) is 0 Å². The smallest absolute Gasteiger partial charge is 0.317 e. The first-order chi connectivity index (χ1) is 8.36. The van der Waals surface area contributed by atoms with Crippen LogP contribution in [-0.2, 0) is 4.79 Å². The quantitative estimate of drug-likeness (QED) is 0.701. The van der Waals surface area contributed by atoms with E-state index in [2.05, 4.69) is 19.2 Å². The van der Waals surface area contributed by atoms with Crippen LogP contribution in [-0.4, -0.2) is 42.1 Å². The van der Waals surface area contributed by atoms with Crippen molar-refractivity contribution < 1.29 is 14.7 Å². The number of rotatable bonds is 8. The Kier molecular flexibility index (Phi) is 8.16. The molecule has 0 fully saturated rings.